The fraction of sp³-hybridized carbons (Fsp3) is 0.758. The first kappa shape index (κ1) is 73.2. The van der Waals surface area contributed by atoms with Crippen molar-refractivity contribution in [3.63, 3.8) is 0 Å². The molecule has 0 heterocycles. The first-order valence-electron chi connectivity index (χ1n) is 31.3. The van der Waals surface area contributed by atoms with Crippen molar-refractivity contribution in [2.45, 2.75) is 277 Å². The van der Waals surface area contributed by atoms with Crippen molar-refractivity contribution in [2.24, 2.45) is 0 Å². The van der Waals surface area contributed by atoms with Crippen molar-refractivity contribution in [3.8, 4) is 0 Å². The van der Waals surface area contributed by atoms with E-state index in [4.69, 9.17) is 18.5 Å². The van der Waals surface area contributed by atoms with E-state index in [1.165, 1.54) is 154 Å². The number of rotatable bonds is 57. The Labute approximate surface area is 469 Å². The topological polar surface area (TPSA) is 111 Å². The summed E-state index contributed by atoms with van der Waals surface area (Å²) in [7, 11) is 1.14. The molecule has 0 N–H and O–H groups in total. The molecular formula is C66H118NO8P. The Morgan fingerprint density at radius 1 is 0.421 bits per heavy atom. The number of allylic oxidation sites excluding steroid dienone is 14. The maximum absolute atomic E-state index is 12.8. The largest absolute Gasteiger partial charge is 0.756 e. The minimum absolute atomic E-state index is 0.0393. The van der Waals surface area contributed by atoms with E-state index in [1.54, 1.807) is 0 Å². The summed E-state index contributed by atoms with van der Waals surface area (Å²) in [4.78, 5) is 37.9. The van der Waals surface area contributed by atoms with Crippen LogP contribution >= 0.6 is 7.82 Å². The monoisotopic (exact) mass is 1080 g/mol. The summed E-state index contributed by atoms with van der Waals surface area (Å²) < 4.78 is 34.2. The summed E-state index contributed by atoms with van der Waals surface area (Å²) in [6.07, 6.45) is 76.5. The molecule has 0 aromatic carbocycles. The van der Waals surface area contributed by atoms with Crippen LogP contribution in [0, 0.1) is 0 Å². The molecule has 76 heavy (non-hydrogen) atoms. The van der Waals surface area contributed by atoms with E-state index in [0.29, 0.717) is 17.4 Å². The molecule has 0 rings (SSSR count). The Morgan fingerprint density at radius 2 is 0.750 bits per heavy atom. The highest BCUT2D eigenvalue weighted by molar-refractivity contribution is 7.45. The lowest BCUT2D eigenvalue weighted by Gasteiger charge is -2.28. The van der Waals surface area contributed by atoms with E-state index in [1.807, 2.05) is 21.1 Å². The number of nitrogens with zero attached hydrogens (tertiary/aromatic N) is 1. The zero-order chi connectivity index (χ0) is 55.6. The van der Waals surface area contributed by atoms with Gasteiger partial charge in [0.25, 0.3) is 7.82 Å². The van der Waals surface area contributed by atoms with Crippen LogP contribution in [0.5, 0.6) is 0 Å². The highest BCUT2D eigenvalue weighted by Gasteiger charge is 2.22. The molecule has 0 spiro atoms. The average Bonchev–Trinajstić information content (AvgIpc) is 3.38. The van der Waals surface area contributed by atoms with Crippen molar-refractivity contribution < 1.29 is 42.1 Å². The van der Waals surface area contributed by atoms with Gasteiger partial charge >= 0.3 is 11.9 Å². The third kappa shape index (κ3) is 60.4. The molecule has 2 atom stereocenters. The highest BCUT2D eigenvalue weighted by atomic mass is 31.2. The van der Waals surface area contributed by atoms with Crippen LogP contribution < -0.4 is 4.89 Å². The van der Waals surface area contributed by atoms with Gasteiger partial charge in [0.15, 0.2) is 6.10 Å². The van der Waals surface area contributed by atoms with Crippen LogP contribution in [0.1, 0.15) is 271 Å². The lowest BCUT2D eigenvalue weighted by molar-refractivity contribution is -0.870. The first-order valence-corrected chi connectivity index (χ1v) is 32.8. The number of quaternary nitrogens is 1. The lowest BCUT2D eigenvalue weighted by atomic mass is 10.0. The van der Waals surface area contributed by atoms with Crippen molar-refractivity contribution in [3.05, 3.63) is 85.1 Å². The smallest absolute Gasteiger partial charge is 0.306 e. The molecule has 0 aliphatic carbocycles. The predicted octanol–water partition coefficient (Wildman–Crippen LogP) is 19.2. The molecule has 0 aromatic rings. The van der Waals surface area contributed by atoms with Gasteiger partial charge in [-0.15, -0.1) is 0 Å². The molecule has 0 aliphatic heterocycles. The van der Waals surface area contributed by atoms with Crippen LogP contribution in [-0.2, 0) is 32.7 Å². The zero-order valence-corrected chi connectivity index (χ0v) is 50.8. The summed E-state index contributed by atoms with van der Waals surface area (Å²) in [6.45, 7) is 4.11. The van der Waals surface area contributed by atoms with Gasteiger partial charge in [-0.05, 0) is 89.9 Å². The van der Waals surface area contributed by atoms with Crippen LogP contribution in [0.2, 0.25) is 0 Å². The van der Waals surface area contributed by atoms with E-state index >= 15 is 0 Å². The van der Waals surface area contributed by atoms with E-state index in [-0.39, 0.29) is 32.0 Å². The van der Waals surface area contributed by atoms with E-state index < -0.39 is 26.5 Å². The molecule has 0 fully saturated rings. The lowest BCUT2D eigenvalue weighted by Crippen LogP contribution is -2.37. The molecule has 0 aromatic heterocycles. The second-order valence-corrected chi connectivity index (χ2v) is 23.4. The summed E-state index contributed by atoms with van der Waals surface area (Å²) in [5.74, 6) is -0.859. The summed E-state index contributed by atoms with van der Waals surface area (Å²) in [5.41, 5.74) is 0. The zero-order valence-electron chi connectivity index (χ0n) is 49.9. The van der Waals surface area contributed by atoms with Crippen molar-refractivity contribution in [1.29, 1.82) is 0 Å². The average molecular weight is 1080 g/mol. The Kier molecular flexibility index (Phi) is 54.8. The number of carbonyl (C=O) groups is 2. The number of carbonyl (C=O) groups excluding carboxylic acids is 2. The number of ether oxygens (including phenoxy) is 2. The summed E-state index contributed by atoms with van der Waals surface area (Å²) in [6, 6.07) is 0. The minimum atomic E-state index is -4.65. The number of esters is 2. The van der Waals surface area contributed by atoms with Gasteiger partial charge in [-0.1, -0.05) is 253 Å². The van der Waals surface area contributed by atoms with Gasteiger partial charge < -0.3 is 27.9 Å². The molecular weight excluding hydrogens is 966 g/mol. The third-order valence-electron chi connectivity index (χ3n) is 13.4. The maximum atomic E-state index is 12.8. The summed E-state index contributed by atoms with van der Waals surface area (Å²) >= 11 is 0. The number of phosphoric ester groups is 1. The van der Waals surface area contributed by atoms with Crippen LogP contribution in [-0.4, -0.2) is 70.0 Å². The van der Waals surface area contributed by atoms with Gasteiger partial charge in [0.1, 0.15) is 19.8 Å². The summed E-state index contributed by atoms with van der Waals surface area (Å²) in [5, 5.41) is 0. The predicted molar refractivity (Wildman–Crippen MR) is 323 cm³/mol. The van der Waals surface area contributed by atoms with Gasteiger partial charge in [-0.3, -0.25) is 14.2 Å². The van der Waals surface area contributed by atoms with Gasteiger partial charge in [0.05, 0.1) is 27.7 Å². The standard InChI is InChI=1S/C66H118NO8P/c1-6-8-10-12-14-16-18-20-22-24-26-28-30-31-32-33-34-35-37-38-40-42-44-46-48-50-52-54-56-58-65(68)72-62-64(63-74-76(70,71)73-61-60-67(3,4)5)75-66(69)59-57-55-53-51-49-47-45-43-41-39-36-29-27-25-23-21-19-17-15-13-11-9-7-2/h9,11,15,17,21,23-24,26-27,29,39,41,45,47,64H,6-8,10,12-14,16,18-20,22,25,28,30-38,40,42-44,46,48-63H2,1-5H3/b11-9-,17-15-,23-21-,26-24-,29-27-,41-39-,47-45-. The normalized spacial score (nSPS) is 13.8. The molecule has 0 radical (unpaired) electrons. The van der Waals surface area contributed by atoms with E-state index in [9.17, 15) is 19.0 Å². The number of hydrogen-bond donors (Lipinski definition) is 0. The number of likely N-dealkylation sites (N-methyl/N-ethyl adjacent to an activating group) is 1. The quantitative estimate of drug-likeness (QED) is 0.0195. The Hall–Kier alpha value is -2.81. The van der Waals surface area contributed by atoms with E-state index in [0.717, 1.165) is 83.5 Å². The molecule has 0 saturated carbocycles. The second-order valence-electron chi connectivity index (χ2n) is 22.0. The molecule has 0 saturated heterocycles. The fourth-order valence-corrected chi connectivity index (χ4v) is 9.33. The van der Waals surface area contributed by atoms with Crippen molar-refractivity contribution in [2.75, 3.05) is 47.5 Å². The van der Waals surface area contributed by atoms with Gasteiger partial charge in [0.2, 0.25) is 0 Å². The minimum Gasteiger partial charge on any atom is -0.756 e. The van der Waals surface area contributed by atoms with Gasteiger partial charge in [-0.25, -0.2) is 0 Å². The molecule has 440 valence electrons. The molecule has 0 bridgehead atoms. The van der Waals surface area contributed by atoms with E-state index in [2.05, 4.69) is 98.9 Å². The number of unbranched alkanes of at least 4 members (excludes halogenated alkanes) is 29. The number of hydrogen-bond acceptors (Lipinski definition) is 8. The molecule has 2 unspecified atom stereocenters. The second kappa shape index (κ2) is 56.9. The van der Waals surface area contributed by atoms with Gasteiger partial charge in [-0.2, -0.15) is 0 Å². The highest BCUT2D eigenvalue weighted by Crippen LogP contribution is 2.38. The van der Waals surface area contributed by atoms with Crippen molar-refractivity contribution in [1.82, 2.24) is 0 Å². The van der Waals surface area contributed by atoms with Crippen LogP contribution in [0.15, 0.2) is 85.1 Å². The fourth-order valence-electron chi connectivity index (χ4n) is 8.60. The van der Waals surface area contributed by atoms with Crippen LogP contribution in [0.3, 0.4) is 0 Å². The first-order chi connectivity index (χ1) is 37.0. The van der Waals surface area contributed by atoms with Crippen LogP contribution in [0.4, 0.5) is 0 Å². The maximum Gasteiger partial charge on any atom is 0.306 e. The Morgan fingerprint density at radius 3 is 1.13 bits per heavy atom. The molecule has 10 heteroatoms. The third-order valence-corrected chi connectivity index (χ3v) is 14.4. The number of phosphoric acid groups is 1. The van der Waals surface area contributed by atoms with Crippen LogP contribution in [0.25, 0.3) is 0 Å². The SMILES string of the molecule is CC/C=C\C/C=C\C/C=C\C/C=C\C/C=C\C/C=C\CCCCCCC(=O)OC(COC(=O)CCCCCCCCCCCCCCCCCCC/C=C\CCCCCCCCCC)COP(=O)([O-])OCC[N+](C)(C)C. The Balaban J connectivity index is 4.14. The van der Waals surface area contributed by atoms with Crippen molar-refractivity contribution >= 4 is 19.8 Å². The molecule has 0 amide bonds. The Bertz CT molecular complexity index is 1560. The van der Waals surface area contributed by atoms with Gasteiger partial charge in [0, 0.05) is 12.8 Å². The molecule has 0 aliphatic rings. The molecule has 9 nitrogen and oxygen atoms in total.